The quantitative estimate of drug-likeness (QED) is 0.393. The Balaban J connectivity index is 1.49. The van der Waals surface area contributed by atoms with Gasteiger partial charge in [0.2, 0.25) is 0 Å². The molecule has 2 aromatic heterocycles. The van der Waals surface area contributed by atoms with Crippen molar-refractivity contribution in [3.8, 4) is 22.4 Å². The van der Waals surface area contributed by atoms with E-state index in [0.717, 1.165) is 66.6 Å². The van der Waals surface area contributed by atoms with Gasteiger partial charge in [0.05, 0.1) is 0 Å². The van der Waals surface area contributed by atoms with E-state index >= 15 is 0 Å². The predicted octanol–water partition coefficient (Wildman–Crippen LogP) is 6.81. The van der Waals surface area contributed by atoms with Gasteiger partial charge in [-0.1, -0.05) is 30.2 Å². The van der Waals surface area contributed by atoms with Crippen LogP contribution in [0.2, 0.25) is 5.02 Å². The molecule has 1 aromatic carbocycles. The van der Waals surface area contributed by atoms with Crippen LogP contribution in [0.4, 0.5) is 4.79 Å². The number of hydrogen-bond acceptors (Lipinski definition) is 4. The number of nitrogens with zero attached hydrogens (tertiary/aromatic N) is 2. The minimum absolute atomic E-state index is 0.158. The number of aromatic nitrogens is 3. The number of ether oxygens (including phenoxy) is 1. The van der Waals surface area contributed by atoms with E-state index in [1.165, 1.54) is 0 Å². The number of nitrogens with one attached hydrogen (secondary N) is 2. The summed E-state index contributed by atoms with van der Waals surface area (Å²) in [6.07, 6.45) is 9.40. The van der Waals surface area contributed by atoms with Crippen molar-refractivity contribution in [1.82, 2.24) is 20.5 Å². The normalized spacial score (nSPS) is 18.8. The lowest BCUT2D eigenvalue weighted by Gasteiger charge is -2.23. The van der Waals surface area contributed by atoms with Gasteiger partial charge in [-0.25, -0.2) is 4.79 Å². The first-order valence-corrected chi connectivity index (χ1v) is 12.4. The number of aromatic amines is 1. The molecule has 2 atom stereocenters. The minimum Gasteiger partial charge on any atom is -0.444 e. The van der Waals surface area contributed by atoms with Crippen molar-refractivity contribution in [3.05, 3.63) is 59.5 Å². The summed E-state index contributed by atoms with van der Waals surface area (Å²) in [5.41, 5.74) is 4.83. The number of hydrogen-bond donors (Lipinski definition) is 2. The van der Waals surface area contributed by atoms with Gasteiger partial charge in [0.15, 0.2) is 0 Å². The molecule has 2 N–H and O–H groups in total. The molecule has 0 aliphatic heterocycles. The van der Waals surface area contributed by atoms with E-state index in [1.807, 2.05) is 69.6 Å². The van der Waals surface area contributed by atoms with Crippen molar-refractivity contribution in [2.75, 3.05) is 0 Å². The number of carbonyl (C=O) groups excluding carboxylic acids is 1. The van der Waals surface area contributed by atoms with E-state index in [9.17, 15) is 4.79 Å². The summed E-state index contributed by atoms with van der Waals surface area (Å²) in [7, 11) is 0. The number of alkyl carbamates (subject to hydrolysis) is 1. The van der Waals surface area contributed by atoms with Crippen LogP contribution in [0.25, 0.3) is 22.4 Å². The highest BCUT2D eigenvalue weighted by molar-refractivity contribution is 6.30. The van der Waals surface area contributed by atoms with Crippen LogP contribution in [-0.4, -0.2) is 32.9 Å². The molecular weight excluding hydrogens is 448 g/mol. The Morgan fingerprint density at radius 3 is 2.50 bits per heavy atom. The van der Waals surface area contributed by atoms with E-state index in [1.54, 1.807) is 0 Å². The van der Waals surface area contributed by atoms with Crippen molar-refractivity contribution in [1.29, 1.82) is 0 Å². The summed E-state index contributed by atoms with van der Waals surface area (Å²) >= 11 is 6.11. The molecule has 1 fully saturated rings. The average molecular weight is 481 g/mol. The lowest BCUT2D eigenvalue weighted by molar-refractivity contribution is 0.0499. The number of halogens is 1. The Bertz CT molecular complexity index is 1090. The molecule has 0 unspecified atom stereocenters. The molecule has 1 saturated carbocycles. The van der Waals surface area contributed by atoms with E-state index < -0.39 is 5.60 Å². The van der Waals surface area contributed by atoms with Crippen LogP contribution in [0.1, 0.15) is 58.6 Å². The summed E-state index contributed by atoms with van der Waals surface area (Å²) in [5.74, 6) is 0.518. The zero-order valence-corrected chi connectivity index (χ0v) is 20.9. The highest BCUT2D eigenvalue weighted by atomic mass is 35.5. The van der Waals surface area contributed by atoms with Crippen molar-refractivity contribution in [3.63, 3.8) is 0 Å². The van der Waals surface area contributed by atoms with Crippen molar-refractivity contribution >= 4 is 17.7 Å². The largest absolute Gasteiger partial charge is 0.444 e. The average Bonchev–Trinajstić information content (AvgIpc) is 3.07. The first-order valence-electron chi connectivity index (χ1n) is 12.0. The molecule has 1 amide bonds. The summed E-state index contributed by atoms with van der Waals surface area (Å²) in [6.45, 7) is 5.66. The number of rotatable bonds is 5. The van der Waals surface area contributed by atoms with Crippen LogP contribution >= 0.6 is 11.6 Å². The number of amides is 1. The topological polar surface area (TPSA) is 79.9 Å². The Morgan fingerprint density at radius 2 is 1.79 bits per heavy atom. The Kier molecular flexibility index (Phi) is 7.57. The first kappa shape index (κ1) is 24.3. The molecule has 0 radical (unpaired) electrons. The highest BCUT2D eigenvalue weighted by Gasteiger charge is 2.25. The van der Waals surface area contributed by atoms with Crippen LogP contribution in [-0.2, 0) is 11.2 Å². The van der Waals surface area contributed by atoms with E-state index in [2.05, 4.69) is 15.4 Å². The summed E-state index contributed by atoms with van der Waals surface area (Å²) < 4.78 is 5.44. The highest BCUT2D eigenvalue weighted by Crippen LogP contribution is 2.36. The third-order valence-electron chi connectivity index (χ3n) is 6.23. The lowest BCUT2D eigenvalue weighted by atomic mass is 9.90. The van der Waals surface area contributed by atoms with Gasteiger partial charge < -0.3 is 10.1 Å². The van der Waals surface area contributed by atoms with Gasteiger partial charge in [-0.3, -0.25) is 10.1 Å². The second-order valence-electron chi connectivity index (χ2n) is 10.1. The van der Waals surface area contributed by atoms with Gasteiger partial charge in [0, 0.05) is 40.3 Å². The molecule has 4 rings (SSSR count). The van der Waals surface area contributed by atoms with Crippen LogP contribution in [0.3, 0.4) is 0 Å². The predicted molar refractivity (Wildman–Crippen MR) is 136 cm³/mol. The zero-order valence-electron chi connectivity index (χ0n) is 20.1. The van der Waals surface area contributed by atoms with Crippen LogP contribution in [0.5, 0.6) is 0 Å². The summed E-state index contributed by atoms with van der Waals surface area (Å²) in [6, 6.07) is 12.0. The van der Waals surface area contributed by atoms with Crippen LogP contribution < -0.4 is 5.32 Å². The van der Waals surface area contributed by atoms with Crippen molar-refractivity contribution in [2.24, 2.45) is 5.92 Å². The molecule has 6 nitrogen and oxygen atoms in total. The third-order valence-corrected chi connectivity index (χ3v) is 6.48. The number of benzene rings is 1. The SMILES string of the molecule is CC(C)(C)OC(=O)N[C@@H]1CCC[C@H](Cc2[nH]nc(-c3ccc(Cl)cc3)c2-c2ccncc2)CC1. The van der Waals surface area contributed by atoms with E-state index in [4.69, 9.17) is 21.4 Å². The Hall–Kier alpha value is -2.86. The number of H-pyrrole nitrogens is 1. The maximum Gasteiger partial charge on any atom is 0.407 e. The Morgan fingerprint density at radius 1 is 1.06 bits per heavy atom. The molecule has 180 valence electrons. The lowest BCUT2D eigenvalue weighted by Crippen LogP contribution is -2.38. The van der Waals surface area contributed by atoms with Gasteiger partial charge in [0.25, 0.3) is 0 Å². The minimum atomic E-state index is -0.483. The fourth-order valence-electron chi connectivity index (χ4n) is 4.66. The maximum atomic E-state index is 12.2. The summed E-state index contributed by atoms with van der Waals surface area (Å²) in [4.78, 5) is 16.4. The van der Waals surface area contributed by atoms with Gasteiger partial charge in [-0.2, -0.15) is 5.10 Å². The molecule has 1 aliphatic carbocycles. The fourth-order valence-corrected chi connectivity index (χ4v) is 4.79. The van der Waals surface area contributed by atoms with Crippen molar-refractivity contribution in [2.45, 2.75) is 70.9 Å². The fraction of sp³-hybridized carbons (Fsp3) is 0.444. The maximum absolute atomic E-state index is 12.2. The van der Waals surface area contributed by atoms with E-state index in [-0.39, 0.29) is 12.1 Å². The smallest absolute Gasteiger partial charge is 0.407 e. The van der Waals surface area contributed by atoms with Gasteiger partial charge >= 0.3 is 6.09 Å². The second-order valence-corrected chi connectivity index (χ2v) is 10.5. The molecule has 34 heavy (non-hydrogen) atoms. The monoisotopic (exact) mass is 480 g/mol. The second kappa shape index (κ2) is 10.6. The molecule has 0 bridgehead atoms. The van der Waals surface area contributed by atoms with Crippen LogP contribution in [0.15, 0.2) is 48.8 Å². The van der Waals surface area contributed by atoms with Gasteiger partial charge in [0.1, 0.15) is 11.3 Å². The molecule has 2 heterocycles. The Labute approximate surface area is 206 Å². The first-order chi connectivity index (χ1) is 16.3. The van der Waals surface area contributed by atoms with Gasteiger partial charge in [-0.15, -0.1) is 0 Å². The molecule has 7 heteroatoms. The standard InChI is InChI=1S/C27H33ClN4O2/c1-27(2,3)34-26(33)30-22-6-4-5-18(7-12-22)17-23-24(19-13-15-29-16-14-19)25(32-31-23)20-8-10-21(28)11-9-20/h8-11,13-16,18,22H,4-7,12,17H2,1-3H3,(H,30,33)(H,31,32)/t18-,22+/m0/s1. The van der Waals surface area contributed by atoms with Crippen molar-refractivity contribution < 1.29 is 9.53 Å². The zero-order chi connectivity index (χ0) is 24.1. The molecular formula is C27H33ClN4O2. The summed E-state index contributed by atoms with van der Waals surface area (Å²) in [5, 5.41) is 11.8. The van der Waals surface area contributed by atoms with E-state index in [0.29, 0.717) is 10.9 Å². The van der Waals surface area contributed by atoms with Crippen LogP contribution in [0, 0.1) is 5.92 Å². The number of pyridine rings is 1. The third kappa shape index (κ3) is 6.38. The molecule has 0 saturated heterocycles. The molecule has 0 spiro atoms. The van der Waals surface area contributed by atoms with Gasteiger partial charge in [-0.05, 0) is 88.6 Å². The molecule has 3 aromatic rings. The number of carbonyl (C=O) groups is 1. The molecule has 1 aliphatic rings.